The van der Waals surface area contributed by atoms with E-state index in [0.717, 1.165) is 5.56 Å². The zero-order valence-electron chi connectivity index (χ0n) is 20.8. The van der Waals surface area contributed by atoms with E-state index in [1.165, 1.54) is 11.3 Å². The van der Waals surface area contributed by atoms with E-state index in [-0.39, 0.29) is 19.0 Å². The van der Waals surface area contributed by atoms with Crippen molar-refractivity contribution in [2.24, 2.45) is 0 Å². The minimum absolute atomic E-state index is 0.0944. The molecule has 1 aliphatic rings. The topological polar surface area (TPSA) is 97.8 Å². The van der Waals surface area contributed by atoms with Crippen molar-refractivity contribution in [1.29, 1.82) is 0 Å². The normalized spacial score (nSPS) is 21.6. The maximum absolute atomic E-state index is 14.0. The molecule has 4 rings (SSSR count). The first-order valence-corrected chi connectivity index (χ1v) is 12.8. The minimum Gasteiger partial charge on any atom is -0.507 e. The molecule has 0 fully saturated rings. The molecular formula is C28H30N2O5S. The Kier molecular flexibility index (Phi) is 7.45. The molecule has 188 valence electrons. The molecule has 0 spiro atoms. The molecule has 3 atom stereocenters. The second kappa shape index (κ2) is 10.5. The number of nitrogens with one attached hydrogen (secondary N) is 1. The largest absolute Gasteiger partial charge is 0.507 e. The number of carbonyl (C=O) groups is 2. The standard InChI is InChI=1S/C28H30N2O5S/c1-5-34-25(32)23-17(3)29-18(4)28(27(33)35-6-2,24(23)19-12-8-7-9-13-19)26-30-21(16-36-26)20-14-10-11-15-22(20)31/h7-16,18,24,29,31H,5-6H2,1-4H3. The van der Waals surface area contributed by atoms with Crippen molar-refractivity contribution in [1.82, 2.24) is 10.3 Å². The monoisotopic (exact) mass is 506 g/mol. The minimum atomic E-state index is -1.37. The van der Waals surface area contributed by atoms with Crippen molar-refractivity contribution in [2.75, 3.05) is 13.2 Å². The van der Waals surface area contributed by atoms with Crippen molar-refractivity contribution in [3.05, 3.63) is 81.8 Å². The van der Waals surface area contributed by atoms with Gasteiger partial charge in [-0.3, -0.25) is 4.79 Å². The number of hydrogen-bond acceptors (Lipinski definition) is 8. The highest BCUT2D eigenvalue weighted by Gasteiger charge is 2.60. The number of allylic oxidation sites excluding steroid dienone is 1. The number of rotatable bonds is 7. The van der Waals surface area contributed by atoms with Gasteiger partial charge >= 0.3 is 11.9 Å². The van der Waals surface area contributed by atoms with E-state index in [9.17, 15) is 14.7 Å². The van der Waals surface area contributed by atoms with Gasteiger partial charge in [0.25, 0.3) is 0 Å². The summed E-state index contributed by atoms with van der Waals surface area (Å²) in [5.41, 5.74) is 1.52. The van der Waals surface area contributed by atoms with Gasteiger partial charge < -0.3 is 19.9 Å². The molecule has 2 heterocycles. The predicted molar refractivity (Wildman–Crippen MR) is 139 cm³/mol. The molecule has 0 saturated heterocycles. The molecule has 0 bridgehead atoms. The Bertz CT molecular complexity index is 1290. The smallest absolute Gasteiger partial charge is 0.336 e. The van der Waals surface area contributed by atoms with Crippen molar-refractivity contribution in [3.63, 3.8) is 0 Å². The van der Waals surface area contributed by atoms with Gasteiger partial charge in [-0.2, -0.15) is 0 Å². The fourth-order valence-corrected chi connectivity index (χ4v) is 6.11. The second-order valence-corrected chi connectivity index (χ2v) is 9.47. The van der Waals surface area contributed by atoms with Crippen LogP contribution in [0, 0.1) is 0 Å². The quantitative estimate of drug-likeness (QED) is 0.439. The van der Waals surface area contributed by atoms with Crippen LogP contribution in [0.3, 0.4) is 0 Å². The Morgan fingerprint density at radius 2 is 1.72 bits per heavy atom. The molecule has 36 heavy (non-hydrogen) atoms. The summed E-state index contributed by atoms with van der Waals surface area (Å²) >= 11 is 1.31. The van der Waals surface area contributed by atoms with Gasteiger partial charge in [0.15, 0.2) is 5.41 Å². The maximum Gasteiger partial charge on any atom is 0.336 e. The van der Waals surface area contributed by atoms with E-state index in [4.69, 9.17) is 14.5 Å². The maximum atomic E-state index is 14.0. The third-order valence-corrected chi connectivity index (χ3v) is 7.54. The summed E-state index contributed by atoms with van der Waals surface area (Å²) in [4.78, 5) is 32.3. The number of aromatic nitrogens is 1. The SMILES string of the molecule is CCOC(=O)C1=C(C)NC(C)C(C(=O)OCC)(c2nc(-c3ccccc3O)cs2)C1c1ccccc1. The molecule has 7 nitrogen and oxygen atoms in total. The molecule has 3 unspecified atom stereocenters. The summed E-state index contributed by atoms with van der Waals surface area (Å²) in [6.45, 7) is 7.61. The van der Waals surface area contributed by atoms with E-state index < -0.39 is 29.3 Å². The third-order valence-electron chi connectivity index (χ3n) is 6.54. The second-order valence-electron chi connectivity index (χ2n) is 8.61. The van der Waals surface area contributed by atoms with E-state index in [1.807, 2.05) is 55.6 Å². The zero-order valence-corrected chi connectivity index (χ0v) is 21.6. The highest BCUT2D eigenvalue weighted by Crippen LogP contribution is 2.52. The fourth-order valence-electron chi connectivity index (χ4n) is 4.98. The molecule has 2 N–H and O–H groups in total. The Balaban J connectivity index is 2.02. The first-order chi connectivity index (χ1) is 17.4. The number of aromatic hydroxyl groups is 1. The van der Waals surface area contributed by atoms with Crippen LogP contribution in [0.1, 0.15) is 44.2 Å². The van der Waals surface area contributed by atoms with Crippen LogP contribution in [0.15, 0.2) is 71.2 Å². The summed E-state index contributed by atoms with van der Waals surface area (Å²) < 4.78 is 11.1. The number of ether oxygens (including phenoxy) is 2. The van der Waals surface area contributed by atoms with Gasteiger partial charge in [0.2, 0.25) is 0 Å². The summed E-state index contributed by atoms with van der Waals surface area (Å²) in [6, 6.07) is 15.9. The fraction of sp³-hybridized carbons (Fsp3) is 0.321. The highest BCUT2D eigenvalue weighted by atomic mass is 32.1. The van der Waals surface area contributed by atoms with Crippen LogP contribution in [0.2, 0.25) is 0 Å². The zero-order chi connectivity index (χ0) is 25.9. The predicted octanol–water partition coefficient (Wildman–Crippen LogP) is 4.93. The number of nitrogens with zero attached hydrogens (tertiary/aromatic N) is 1. The number of esters is 2. The Morgan fingerprint density at radius 3 is 2.39 bits per heavy atom. The molecular weight excluding hydrogens is 476 g/mol. The molecule has 0 aliphatic carbocycles. The summed E-state index contributed by atoms with van der Waals surface area (Å²) in [6.07, 6.45) is 0. The van der Waals surface area contributed by atoms with Gasteiger partial charge in [-0.25, -0.2) is 9.78 Å². The number of phenols is 1. The first kappa shape index (κ1) is 25.4. The number of para-hydroxylation sites is 1. The Labute approximate surface area is 214 Å². The van der Waals surface area contributed by atoms with Crippen molar-refractivity contribution in [2.45, 2.75) is 45.1 Å². The summed E-state index contributed by atoms with van der Waals surface area (Å²) in [5.74, 6) is -1.59. The molecule has 8 heteroatoms. The Hall–Kier alpha value is -3.65. The number of hydrogen-bond donors (Lipinski definition) is 2. The lowest BCUT2D eigenvalue weighted by molar-refractivity contribution is -0.153. The van der Waals surface area contributed by atoms with Crippen molar-refractivity contribution < 1.29 is 24.2 Å². The van der Waals surface area contributed by atoms with E-state index in [1.54, 1.807) is 32.0 Å². The van der Waals surface area contributed by atoms with Gasteiger partial charge in [-0.05, 0) is 45.4 Å². The molecule has 1 aliphatic heterocycles. The average molecular weight is 507 g/mol. The van der Waals surface area contributed by atoms with Crippen LogP contribution in [0.5, 0.6) is 5.75 Å². The number of benzene rings is 2. The molecule has 2 aromatic carbocycles. The Morgan fingerprint density at radius 1 is 1.06 bits per heavy atom. The van der Waals surface area contributed by atoms with Crippen LogP contribution >= 0.6 is 11.3 Å². The van der Waals surface area contributed by atoms with E-state index in [2.05, 4.69) is 5.32 Å². The highest BCUT2D eigenvalue weighted by molar-refractivity contribution is 7.10. The third kappa shape index (κ3) is 4.26. The van der Waals surface area contributed by atoms with Gasteiger partial charge in [0.1, 0.15) is 10.8 Å². The first-order valence-electron chi connectivity index (χ1n) is 12.0. The van der Waals surface area contributed by atoms with Crippen LogP contribution in [-0.2, 0) is 24.5 Å². The van der Waals surface area contributed by atoms with Crippen LogP contribution in [0.4, 0.5) is 0 Å². The lowest BCUT2D eigenvalue weighted by atomic mass is 9.62. The lowest BCUT2D eigenvalue weighted by Crippen LogP contribution is -2.60. The van der Waals surface area contributed by atoms with Gasteiger partial charge in [0, 0.05) is 28.6 Å². The molecule has 3 aromatic rings. The average Bonchev–Trinajstić information content (AvgIpc) is 3.35. The van der Waals surface area contributed by atoms with Crippen LogP contribution in [-0.4, -0.2) is 41.3 Å². The molecule has 0 saturated carbocycles. The van der Waals surface area contributed by atoms with Gasteiger partial charge in [-0.15, -0.1) is 11.3 Å². The van der Waals surface area contributed by atoms with Gasteiger partial charge in [-0.1, -0.05) is 42.5 Å². The van der Waals surface area contributed by atoms with Gasteiger partial charge in [0.05, 0.1) is 24.5 Å². The van der Waals surface area contributed by atoms with E-state index in [0.29, 0.717) is 27.5 Å². The molecule has 1 aromatic heterocycles. The van der Waals surface area contributed by atoms with Crippen molar-refractivity contribution in [3.8, 4) is 17.0 Å². The molecule has 0 amide bonds. The van der Waals surface area contributed by atoms with Crippen molar-refractivity contribution >= 4 is 23.3 Å². The summed E-state index contributed by atoms with van der Waals surface area (Å²) in [7, 11) is 0. The number of thiazole rings is 1. The molecule has 0 radical (unpaired) electrons. The summed E-state index contributed by atoms with van der Waals surface area (Å²) in [5, 5.41) is 16.1. The lowest BCUT2D eigenvalue weighted by Gasteiger charge is -2.46. The number of carbonyl (C=O) groups excluding carboxylic acids is 2. The van der Waals surface area contributed by atoms with Crippen LogP contribution in [0.25, 0.3) is 11.3 Å². The number of phenolic OH excluding ortho intramolecular Hbond substituents is 1. The van der Waals surface area contributed by atoms with E-state index >= 15 is 0 Å². The van der Waals surface area contributed by atoms with Crippen LogP contribution < -0.4 is 5.32 Å².